The van der Waals surface area contributed by atoms with Gasteiger partial charge in [0, 0.05) is 19.3 Å². The number of aromatic nitrogens is 1. The minimum absolute atomic E-state index is 0.237. The summed E-state index contributed by atoms with van der Waals surface area (Å²) in [5, 5.41) is 0. The van der Waals surface area contributed by atoms with Crippen molar-refractivity contribution in [2.75, 3.05) is 29.5 Å². The molecule has 94 valence electrons. The lowest BCUT2D eigenvalue weighted by Crippen LogP contribution is -2.41. The molecule has 1 aromatic rings. The van der Waals surface area contributed by atoms with E-state index in [0.717, 1.165) is 5.82 Å². The zero-order valence-electron chi connectivity index (χ0n) is 10.3. The van der Waals surface area contributed by atoms with E-state index in [4.69, 9.17) is 0 Å². The summed E-state index contributed by atoms with van der Waals surface area (Å²) >= 11 is 0. The van der Waals surface area contributed by atoms with Crippen molar-refractivity contribution in [1.82, 2.24) is 4.98 Å². The van der Waals surface area contributed by atoms with Crippen LogP contribution in [0.25, 0.3) is 0 Å². The average molecular weight is 254 g/mol. The molecule has 0 atom stereocenters. The fourth-order valence-corrected chi connectivity index (χ4v) is 3.25. The Kier molecular flexibility index (Phi) is 3.38. The van der Waals surface area contributed by atoms with Crippen LogP contribution in [0.5, 0.6) is 0 Å². The number of rotatable bonds is 2. The number of nitrogens with zero attached hydrogens (tertiary/aromatic N) is 2. The Morgan fingerprint density at radius 2 is 1.94 bits per heavy atom. The van der Waals surface area contributed by atoms with Crippen molar-refractivity contribution in [1.29, 1.82) is 0 Å². The molecule has 0 aromatic carbocycles. The van der Waals surface area contributed by atoms with Crippen LogP contribution < -0.4 is 4.90 Å². The molecule has 2 heterocycles. The van der Waals surface area contributed by atoms with Crippen LogP contribution in [-0.4, -0.2) is 38.0 Å². The highest BCUT2D eigenvalue weighted by Crippen LogP contribution is 2.25. The van der Waals surface area contributed by atoms with E-state index in [1.807, 2.05) is 6.07 Å². The zero-order valence-corrected chi connectivity index (χ0v) is 11.1. The van der Waals surface area contributed by atoms with Crippen molar-refractivity contribution in [2.24, 2.45) is 0 Å². The fourth-order valence-electron chi connectivity index (χ4n) is 2.05. The quantitative estimate of drug-likeness (QED) is 0.801. The molecule has 1 aliphatic heterocycles. The summed E-state index contributed by atoms with van der Waals surface area (Å²) in [5.74, 6) is 1.82. The second kappa shape index (κ2) is 4.64. The smallest absolute Gasteiger partial charge is 0.153 e. The van der Waals surface area contributed by atoms with Crippen LogP contribution in [-0.2, 0) is 9.84 Å². The largest absolute Gasteiger partial charge is 0.354 e. The Labute approximate surface area is 103 Å². The van der Waals surface area contributed by atoms with Gasteiger partial charge in [-0.2, -0.15) is 0 Å². The van der Waals surface area contributed by atoms with E-state index in [2.05, 4.69) is 29.8 Å². The summed E-state index contributed by atoms with van der Waals surface area (Å²) in [4.78, 5) is 6.48. The molecule has 1 saturated heterocycles. The predicted molar refractivity (Wildman–Crippen MR) is 69.2 cm³/mol. The van der Waals surface area contributed by atoms with Gasteiger partial charge >= 0.3 is 0 Å². The molecule has 0 spiro atoms. The van der Waals surface area contributed by atoms with Crippen molar-refractivity contribution in [3.63, 3.8) is 0 Å². The molecule has 0 N–H and O–H groups in total. The maximum Gasteiger partial charge on any atom is 0.153 e. The van der Waals surface area contributed by atoms with Crippen molar-refractivity contribution in [3.8, 4) is 0 Å². The molecule has 0 aliphatic carbocycles. The van der Waals surface area contributed by atoms with E-state index in [1.165, 1.54) is 5.56 Å². The van der Waals surface area contributed by atoms with Gasteiger partial charge in [0.15, 0.2) is 9.84 Å². The van der Waals surface area contributed by atoms with Gasteiger partial charge in [-0.3, -0.25) is 0 Å². The standard InChI is InChI=1S/C12H18N2O2S/c1-10(2)11-4-3-5-13-12(11)14-6-8-17(15,16)9-7-14/h3-5,10H,6-9H2,1-2H3. The van der Waals surface area contributed by atoms with Crippen LogP contribution >= 0.6 is 0 Å². The van der Waals surface area contributed by atoms with Crippen LogP contribution in [0.1, 0.15) is 25.3 Å². The Hall–Kier alpha value is -1.10. The molecular weight excluding hydrogens is 236 g/mol. The van der Waals surface area contributed by atoms with E-state index in [1.54, 1.807) is 6.20 Å². The van der Waals surface area contributed by atoms with Gasteiger partial charge in [0.25, 0.3) is 0 Å². The summed E-state index contributed by atoms with van der Waals surface area (Å²) in [5.41, 5.74) is 1.19. The predicted octanol–water partition coefficient (Wildman–Crippen LogP) is 1.44. The van der Waals surface area contributed by atoms with Crippen LogP contribution in [0.2, 0.25) is 0 Å². The number of pyridine rings is 1. The fraction of sp³-hybridized carbons (Fsp3) is 0.583. The normalized spacial score (nSPS) is 19.6. The van der Waals surface area contributed by atoms with Gasteiger partial charge in [0.05, 0.1) is 11.5 Å². The van der Waals surface area contributed by atoms with Crippen LogP contribution in [0, 0.1) is 0 Å². The second-order valence-electron chi connectivity index (χ2n) is 4.71. The molecule has 1 fully saturated rings. The minimum Gasteiger partial charge on any atom is -0.354 e. The Balaban J connectivity index is 2.24. The summed E-state index contributed by atoms with van der Waals surface area (Å²) in [7, 11) is -2.83. The molecule has 0 amide bonds. The van der Waals surface area contributed by atoms with E-state index in [0.29, 0.717) is 19.0 Å². The molecule has 1 aromatic heterocycles. The van der Waals surface area contributed by atoms with Gasteiger partial charge in [-0.05, 0) is 17.5 Å². The van der Waals surface area contributed by atoms with Crippen molar-refractivity contribution in [2.45, 2.75) is 19.8 Å². The van der Waals surface area contributed by atoms with Gasteiger partial charge in [-0.1, -0.05) is 19.9 Å². The van der Waals surface area contributed by atoms with Crippen LogP contribution in [0.15, 0.2) is 18.3 Å². The van der Waals surface area contributed by atoms with E-state index < -0.39 is 9.84 Å². The molecule has 17 heavy (non-hydrogen) atoms. The molecule has 0 saturated carbocycles. The van der Waals surface area contributed by atoms with E-state index >= 15 is 0 Å². The second-order valence-corrected chi connectivity index (χ2v) is 7.01. The first kappa shape index (κ1) is 12.4. The number of hydrogen-bond donors (Lipinski definition) is 0. The summed E-state index contributed by atoms with van der Waals surface area (Å²) in [6.07, 6.45) is 1.77. The summed E-state index contributed by atoms with van der Waals surface area (Å²) in [6, 6.07) is 4.00. The SMILES string of the molecule is CC(C)c1cccnc1N1CCS(=O)(=O)CC1. The monoisotopic (exact) mass is 254 g/mol. The molecule has 0 radical (unpaired) electrons. The lowest BCUT2D eigenvalue weighted by atomic mass is 10.0. The number of sulfone groups is 1. The molecule has 2 rings (SSSR count). The highest BCUT2D eigenvalue weighted by molar-refractivity contribution is 7.91. The molecule has 0 bridgehead atoms. The topological polar surface area (TPSA) is 50.3 Å². The van der Waals surface area contributed by atoms with Crippen molar-refractivity contribution in [3.05, 3.63) is 23.9 Å². The third-order valence-corrected chi connectivity index (χ3v) is 4.69. The number of anilines is 1. The van der Waals surface area contributed by atoms with Crippen molar-refractivity contribution < 1.29 is 8.42 Å². The van der Waals surface area contributed by atoms with Crippen LogP contribution in [0.4, 0.5) is 5.82 Å². The van der Waals surface area contributed by atoms with E-state index in [-0.39, 0.29) is 11.5 Å². The minimum atomic E-state index is -2.83. The first-order chi connectivity index (χ1) is 7.99. The molecular formula is C12H18N2O2S. The van der Waals surface area contributed by atoms with Gasteiger partial charge in [-0.25, -0.2) is 13.4 Å². The van der Waals surface area contributed by atoms with Crippen molar-refractivity contribution >= 4 is 15.7 Å². The zero-order chi connectivity index (χ0) is 12.5. The lowest BCUT2D eigenvalue weighted by Gasteiger charge is -2.30. The first-order valence-corrected chi connectivity index (χ1v) is 7.72. The van der Waals surface area contributed by atoms with Gasteiger partial charge in [0.2, 0.25) is 0 Å². The molecule has 4 nitrogen and oxygen atoms in total. The maximum absolute atomic E-state index is 11.4. The number of hydrogen-bond acceptors (Lipinski definition) is 4. The van der Waals surface area contributed by atoms with E-state index in [9.17, 15) is 8.42 Å². The molecule has 1 aliphatic rings. The molecule has 0 unspecified atom stereocenters. The third kappa shape index (κ3) is 2.77. The Morgan fingerprint density at radius 3 is 2.53 bits per heavy atom. The highest BCUT2D eigenvalue weighted by Gasteiger charge is 2.24. The summed E-state index contributed by atoms with van der Waals surface area (Å²) in [6.45, 7) is 5.36. The van der Waals surface area contributed by atoms with Gasteiger partial charge in [-0.15, -0.1) is 0 Å². The summed E-state index contributed by atoms with van der Waals surface area (Å²) < 4.78 is 22.8. The molecule has 5 heteroatoms. The first-order valence-electron chi connectivity index (χ1n) is 5.90. The average Bonchev–Trinajstić information content (AvgIpc) is 2.29. The maximum atomic E-state index is 11.4. The lowest BCUT2D eigenvalue weighted by molar-refractivity contribution is 0.586. The highest BCUT2D eigenvalue weighted by atomic mass is 32.2. The Bertz CT molecular complexity index is 483. The van der Waals surface area contributed by atoms with Gasteiger partial charge in [0.1, 0.15) is 5.82 Å². The Morgan fingerprint density at radius 1 is 1.29 bits per heavy atom. The van der Waals surface area contributed by atoms with Gasteiger partial charge < -0.3 is 4.90 Å². The van der Waals surface area contributed by atoms with Crippen LogP contribution in [0.3, 0.4) is 0 Å². The third-order valence-electron chi connectivity index (χ3n) is 3.08.